The van der Waals surface area contributed by atoms with Crippen LogP contribution >= 0.6 is 0 Å². The Balaban J connectivity index is 1.94. The second-order valence-electron chi connectivity index (χ2n) is 6.01. The van der Waals surface area contributed by atoms with Gasteiger partial charge in [0.1, 0.15) is 5.82 Å². The Morgan fingerprint density at radius 2 is 2.12 bits per heavy atom. The Bertz CT molecular complexity index is 715. The Morgan fingerprint density at radius 1 is 1.33 bits per heavy atom. The summed E-state index contributed by atoms with van der Waals surface area (Å²) in [4.78, 5) is 9.65. The zero-order chi connectivity index (χ0) is 17.3. The molecule has 0 spiro atoms. The molecular weight excluding hydrogens is 323 g/mol. The molecule has 0 radical (unpaired) electrons. The molecule has 3 rings (SSSR count). The first-order valence-electron chi connectivity index (χ1n) is 8.02. The highest BCUT2D eigenvalue weighted by Crippen LogP contribution is 2.29. The summed E-state index contributed by atoms with van der Waals surface area (Å²) in [5.41, 5.74) is 0.616. The first-order chi connectivity index (χ1) is 11.4. The zero-order valence-corrected chi connectivity index (χ0v) is 13.7. The van der Waals surface area contributed by atoms with Gasteiger partial charge in [-0.3, -0.25) is 0 Å². The van der Waals surface area contributed by atoms with Gasteiger partial charge in [-0.1, -0.05) is 0 Å². The molecule has 2 aromatic rings. The van der Waals surface area contributed by atoms with E-state index in [4.69, 9.17) is 4.74 Å². The van der Waals surface area contributed by atoms with Gasteiger partial charge in [0.25, 0.3) is 11.6 Å². The smallest absolute Gasteiger partial charge is 0.381 e. The second-order valence-corrected chi connectivity index (χ2v) is 6.01. The molecule has 2 aromatic heterocycles. The number of hydrogen-bond donors (Lipinski definition) is 0. The molecule has 1 fully saturated rings. The SMILES string of the molecule is CCOCC1CCCN(c2cc(C)nc3nc(C(F)(F)F)nn23)C1. The van der Waals surface area contributed by atoms with Crippen LogP contribution in [0.2, 0.25) is 0 Å². The molecule has 1 unspecified atom stereocenters. The van der Waals surface area contributed by atoms with E-state index in [9.17, 15) is 13.2 Å². The minimum Gasteiger partial charge on any atom is -0.381 e. The Labute approximate surface area is 137 Å². The van der Waals surface area contributed by atoms with Crippen LogP contribution in [0.25, 0.3) is 5.78 Å². The summed E-state index contributed by atoms with van der Waals surface area (Å²) in [6.45, 7) is 6.50. The molecule has 0 N–H and O–H groups in total. The number of anilines is 1. The van der Waals surface area contributed by atoms with Gasteiger partial charge < -0.3 is 9.64 Å². The van der Waals surface area contributed by atoms with Gasteiger partial charge in [0.15, 0.2) is 0 Å². The Morgan fingerprint density at radius 3 is 2.83 bits per heavy atom. The highest BCUT2D eigenvalue weighted by Gasteiger charge is 2.37. The highest BCUT2D eigenvalue weighted by molar-refractivity contribution is 5.48. The minimum absolute atomic E-state index is 0.0238. The van der Waals surface area contributed by atoms with Crippen molar-refractivity contribution in [1.82, 2.24) is 19.6 Å². The molecule has 6 nitrogen and oxygen atoms in total. The maximum absolute atomic E-state index is 12.9. The molecule has 24 heavy (non-hydrogen) atoms. The number of aryl methyl sites for hydroxylation is 1. The number of halogens is 3. The summed E-state index contributed by atoms with van der Waals surface area (Å²) in [7, 11) is 0. The van der Waals surface area contributed by atoms with Gasteiger partial charge in [0, 0.05) is 31.5 Å². The quantitative estimate of drug-likeness (QED) is 0.854. The van der Waals surface area contributed by atoms with E-state index in [1.807, 2.05) is 11.8 Å². The summed E-state index contributed by atoms with van der Waals surface area (Å²) in [5, 5.41) is 3.63. The Kier molecular flexibility index (Phi) is 4.62. The van der Waals surface area contributed by atoms with Crippen LogP contribution in [0, 0.1) is 12.8 Å². The fraction of sp³-hybridized carbons (Fsp3) is 0.667. The van der Waals surface area contributed by atoms with Crippen LogP contribution in [-0.2, 0) is 10.9 Å². The molecule has 3 heterocycles. The van der Waals surface area contributed by atoms with Gasteiger partial charge >= 0.3 is 6.18 Å². The maximum Gasteiger partial charge on any atom is 0.453 e. The Hall–Kier alpha value is -1.90. The van der Waals surface area contributed by atoms with Crippen LogP contribution in [0.15, 0.2) is 6.07 Å². The largest absolute Gasteiger partial charge is 0.453 e. The first-order valence-corrected chi connectivity index (χ1v) is 8.02. The summed E-state index contributed by atoms with van der Waals surface area (Å²) in [6.07, 6.45) is -2.57. The zero-order valence-electron chi connectivity index (χ0n) is 13.7. The van der Waals surface area contributed by atoms with Crippen LogP contribution < -0.4 is 4.90 Å². The van der Waals surface area contributed by atoms with Crippen molar-refractivity contribution in [3.05, 3.63) is 17.6 Å². The van der Waals surface area contributed by atoms with E-state index in [0.29, 0.717) is 30.6 Å². The van der Waals surface area contributed by atoms with E-state index in [1.54, 1.807) is 13.0 Å². The van der Waals surface area contributed by atoms with E-state index in [0.717, 1.165) is 25.9 Å². The average molecular weight is 343 g/mol. The fourth-order valence-electron chi connectivity index (χ4n) is 3.01. The van der Waals surface area contributed by atoms with E-state index in [-0.39, 0.29) is 5.78 Å². The van der Waals surface area contributed by atoms with Crippen LogP contribution in [-0.4, -0.2) is 45.9 Å². The monoisotopic (exact) mass is 343 g/mol. The molecule has 1 aliphatic heterocycles. The van der Waals surface area contributed by atoms with Gasteiger partial charge in [-0.05, 0) is 32.6 Å². The van der Waals surface area contributed by atoms with Crippen molar-refractivity contribution in [1.29, 1.82) is 0 Å². The van der Waals surface area contributed by atoms with Gasteiger partial charge in [-0.15, -0.1) is 5.10 Å². The number of alkyl halides is 3. The number of ether oxygens (including phenoxy) is 1. The highest BCUT2D eigenvalue weighted by atomic mass is 19.4. The first kappa shape index (κ1) is 16.9. The third-order valence-electron chi connectivity index (χ3n) is 4.08. The van der Waals surface area contributed by atoms with Gasteiger partial charge in [-0.25, -0.2) is 4.98 Å². The van der Waals surface area contributed by atoms with Crippen LogP contribution in [0.1, 0.15) is 31.3 Å². The van der Waals surface area contributed by atoms with Crippen molar-refractivity contribution in [3.63, 3.8) is 0 Å². The number of aromatic nitrogens is 4. The lowest BCUT2D eigenvalue weighted by Gasteiger charge is -2.34. The van der Waals surface area contributed by atoms with Crippen molar-refractivity contribution in [2.24, 2.45) is 5.92 Å². The number of rotatable bonds is 4. The summed E-state index contributed by atoms with van der Waals surface area (Å²) < 4.78 is 45.4. The maximum atomic E-state index is 12.9. The number of hydrogen-bond acceptors (Lipinski definition) is 5. The molecule has 132 valence electrons. The molecular formula is C15H20F3N5O. The molecule has 1 aliphatic rings. The van der Waals surface area contributed by atoms with Crippen molar-refractivity contribution < 1.29 is 17.9 Å². The van der Waals surface area contributed by atoms with Crippen LogP contribution in [0.5, 0.6) is 0 Å². The molecule has 1 saturated heterocycles. The molecule has 0 aliphatic carbocycles. The molecule has 0 bridgehead atoms. The predicted octanol–water partition coefficient (Wildman–Crippen LogP) is 2.70. The average Bonchev–Trinajstić information content (AvgIpc) is 2.96. The third kappa shape index (κ3) is 3.45. The molecule has 0 amide bonds. The number of piperidine rings is 1. The number of nitrogens with zero attached hydrogens (tertiary/aromatic N) is 5. The van der Waals surface area contributed by atoms with Crippen molar-refractivity contribution >= 4 is 11.6 Å². The molecule has 0 saturated carbocycles. The van der Waals surface area contributed by atoms with Crippen LogP contribution in [0.4, 0.5) is 19.0 Å². The third-order valence-corrected chi connectivity index (χ3v) is 4.08. The topological polar surface area (TPSA) is 55.5 Å². The van der Waals surface area contributed by atoms with Gasteiger partial charge in [0.2, 0.25) is 0 Å². The minimum atomic E-state index is -4.59. The summed E-state index contributed by atoms with van der Waals surface area (Å²) in [5.74, 6) is -0.233. The lowest BCUT2D eigenvalue weighted by Crippen LogP contribution is -2.38. The molecule has 1 atom stereocenters. The summed E-state index contributed by atoms with van der Waals surface area (Å²) in [6, 6.07) is 1.75. The van der Waals surface area contributed by atoms with Crippen molar-refractivity contribution in [2.75, 3.05) is 31.2 Å². The van der Waals surface area contributed by atoms with E-state index >= 15 is 0 Å². The van der Waals surface area contributed by atoms with Crippen molar-refractivity contribution in [3.8, 4) is 0 Å². The number of fused-ring (bicyclic) bond motifs is 1. The van der Waals surface area contributed by atoms with Crippen molar-refractivity contribution in [2.45, 2.75) is 32.9 Å². The van der Waals surface area contributed by atoms with E-state index < -0.39 is 12.0 Å². The second kappa shape index (κ2) is 6.54. The standard InChI is InChI=1S/C15H20F3N5O/c1-3-24-9-11-5-4-6-22(8-11)12-7-10(2)19-14-20-13(15(16,17)18)21-23(12)14/h7,11H,3-6,8-9H2,1-2H3. The van der Waals surface area contributed by atoms with E-state index in [2.05, 4.69) is 15.1 Å². The summed E-state index contributed by atoms with van der Waals surface area (Å²) >= 11 is 0. The molecule has 9 heteroatoms. The molecule has 0 aromatic carbocycles. The van der Waals surface area contributed by atoms with E-state index in [1.165, 1.54) is 4.52 Å². The van der Waals surface area contributed by atoms with Crippen LogP contribution in [0.3, 0.4) is 0 Å². The predicted molar refractivity (Wildman–Crippen MR) is 82.0 cm³/mol. The normalized spacial score (nSPS) is 19.2. The lowest BCUT2D eigenvalue weighted by atomic mass is 9.99. The fourth-order valence-corrected chi connectivity index (χ4v) is 3.01. The van der Waals surface area contributed by atoms with Gasteiger partial charge in [0.05, 0.1) is 6.61 Å². The lowest BCUT2D eigenvalue weighted by molar-refractivity contribution is -0.144. The van der Waals surface area contributed by atoms with Gasteiger partial charge in [-0.2, -0.15) is 22.7 Å².